The molecule has 2 aliphatic rings. The molecule has 2 fully saturated rings. The second-order valence-electron chi connectivity index (χ2n) is 8.15. The van der Waals surface area contributed by atoms with E-state index in [2.05, 4.69) is 19.2 Å². The van der Waals surface area contributed by atoms with Crippen molar-refractivity contribution in [3.63, 3.8) is 0 Å². The highest BCUT2D eigenvalue weighted by molar-refractivity contribution is 8.00. The number of hydrogen-bond acceptors (Lipinski definition) is 3. The van der Waals surface area contributed by atoms with Gasteiger partial charge in [0.15, 0.2) is 0 Å². The van der Waals surface area contributed by atoms with Crippen LogP contribution in [0.4, 0.5) is 0 Å². The molecule has 154 valence electrons. The summed E-state index contributed by atoms with van der Waals surface area (Å²) in [5.74, 6) is 0.995. The third kappa shape index (κ3) is 5.43. The Kier molecular flexibility index (Phi) is 7.66. The highest BCUT2D eigenvalue weighted by Gasteiger charge is 2.41. The largest absolute Gasteiger partial charge is 0.349 e. The predicted octanol–water partition coefficient (Wildman–Crippen LogP) is 2.06. The Morgan fingerprint density at radius 3 is 2.57 bits per heavy atom. The zero-order valence-electron chi connectivity index (χ0n) is 16.7. The van der Waals surface area contributed by atoms with E-state index < -0.39 is 6.04 Å². The molecule has 7 heteroatoms. The summed E-state index contributed by atoms with van der Waals surface area (Å²) in [6.07, 6.45) is 3.44. The standard InChI is InChI=1S/C21H30ClN3O2S/c1-15(2)13-19-25(21(27)16-5-7-17(22)8-6-16)18(14-28-19)20(26)23-9-12-24-10-3-4-11-24/h5-8,15,18-19H,3-4,9-14H2,1-2H3,(H,23,26)/p+1/t18-,19+/m1/s1. The van der Waals surface area contributed by atoms with Crippen molar-refractivity contribution < 1.29 is 14.5 Å². The van der Waals surface area contributed by atoms with Crippen molar-refractivity contribution in [3.05, 3.63) is 34.9 Å². The van der Waals surface area contributed by atoms with Gasteiger partial charge in [-0.15, -0.1) is 11.8 Å². The minimum Gasteiger partial charge on any atom is -0.349 e. The average Bonchev–Trinajstić information content (AvgIpc) is 3.31. The fourth-order valence-electron chi connectivity index (χ4n) is 3.97. The molecular formula is C21H31ClN3O2S+. The molecule has 0 aromatic heterocycles. The fourth-order valence-corrected chi connectivity index (χ4v) is 5.74. The zero-order chi connectivity index (χ0) is 20.1. The van der Waals surface area contributed by atoms with Crippen molar-refractivity contribution in [2.45, 2.75) is 44.5 Å². The lowest BCUT2D eigenvalue weighted by atomic mass is 10.1. The van der Waals surface area contributed by atoms with E-state index in [0.29, 0.717) is 28.8 Å². The van der Waals surface area contributed by atoms with Gasteiger partial charge in [-0.1, -0.05) is 25.4 Å². The van der Waals surface area contributed by atoms with Crippen molar-refractivity contribution in [3.8, 4) is 0 Å². The fraction of sp³-hybridized carbons (Fsp3) is 0.619. The van der Waals surface area contributed by atoms with E-state index in [-0.39, 0.29) is 17.2 Å². The number of carbonyl (C=O) groups is 2. The van der Waals surface area contributed by atoms with E-state index in [1.54, 1.807) is 45.8 Å². The van der Waals surface area contributed by atoms with E-state index in [9.17, 15) is 9.59 Å². The van der Waals surface area contributed by atoms with Crippen molar-refractivity contribution >= 4 is 35.2 Å². The lowest BCUT2D eigenvalue weighted by molar-refractivity contribution is -0.886. The topological polar surface area (TPSA) is 53.9 Å². The Balaban J connectivity index is 1.67. The summed E-state index contributed by atoms with van der Waals surface area (Å²) in [6.45, 7) is 8.34. The van der Waals surface area contributed by atoms with E-state index in [1.165, 1.54) is 25.9 Å². The van der Waals surface area contributed by atoms with Gasteiger partial charge in [-0.2, -0.15) is 0 Å². The van der Waals surface area contributed by atoms with Crippen LogP contribution in [-0.2, 0) is 4.79 Å². The normalized spacial score (nSPS) is 22.8. The van der Waals surface area contributed by atoms with Gasteiger partial charge < -0.3 is 15.1 Å². The molecule has 0 bridgehead atoms. The third-order valence-corrected chi connectivity index (χ3v) is 7.05. The van der Waals surface area contributed by atoms with E-state index in [0.717, 1.165) is 13.0 Å². The highest BCUT2D eigenvalue weighted by atomic mass is 35.5. The maximum atomic E-state index is 13.2. The molecule has 2 saturated heterocycles. The number of likely N-dealkylation sites (tertiary alicyclic amines) is 1. The van der Waals surface area contributed by atoms with Gasteiger partial charge in [0.25, 0.3) is 5.91 Å². The molecule has 1 aromatic carbocycles. The lowest BCUT2D eigenvalue weighted by Gasteiger charge is -2.30. The minimum atomic E-state index is -0.412. The van der Waals surface area contributed by atoms with Crippen LogP contribution in [0.2, 0.25) is 5.02 Å². The molecule has 2 atom stereocenters. The number of nitrogens with zero attached hydrogens (tertiary/aromatic N) is 1. The van der Waals surface area contributed by atoms with Crippen LogP contribution in [0.15, 0.2) is 24.3 Å². The molecule has 2 heterocycles. The van der Waals surface area contributed by atoms with Gasteiger partial charge in [0, 0.05) is 29.2 Å². The van der Waals surface area contributed by atoms with Gasteiger partial charge in [-0.05, 0) is 36.6 Å². The number of halogens is 1. The maximum Gasteiger partial charge on any atom is 0.255 e. The quantitative estimate of drug-likeness (QED) is 0.704. The number of quaternary nitrogens is 1. The van der Waals surface area contributed by atoms with E-state index in [1.807, 2.05) is 0 Å². The second-order valence-corrected chi connectivity index (χ2v) is 9.80. The number of carbonyl (C=O) groups excluding carboxylic acids is 2. The smallest absolute Gasteiger partial charge is 0.255 e. The molecule has 3 rings (SSSR count). The number of hydrogen-bond donors (Lipinski definition) is 2. The van der Waals surface area contributed by atoms with Gasteiger partial charge in [0.1, 0.15) is 6.04 Å². The number of rotatable bonds is 7. The van der Waals surface area contributed by atoms with Crippen LogP contribution >= 0.6 is 23.4 Å². The molecule has 2 aliphatic heterocycles. The summed E-state index contributed by atoms with van der Waals surface area (Å²) in [7, 11) is 0. The Bertz CT molecular complexity index is 677. The summed E-state index contributed by atoms with van der Waals surface area (Å²) in [6, 6.07) is 6.52. The molecule has 2 N–H and O–H groups in total. The predicted molar refractivity (Wildman–Crippen MR) is 115 cm³/mol. The van der Waals surface area contributed by atoms with Crippen LogP contribution in [0.5, 0.6) is 0 Å². The first-order chi connectivity index (χ1) is 13.5. The molecule has 28 heavy (non-hydrogen) atoms. The Hall–Kier alpha value is -1.24. The molecule has 0 aliphatic carbocycles. The molecular weight excluding hydrogens is 394 g/mol. The van der Waals surface area contributed by atoms with Crippen LogP contribution in [0, 0.1) is 5.92 Å². The SMILES string of the molecule is CC(C)C[C@@H]1SC[C@H](C(=O)NCC[NH+]2CCCC2)N1C(=O)c1ccc(Cl)cc1. The maximum absolute atomic E-state index is 13.2. The van der Waals surface area contributed by atoms with Gasteiger partial charge in [0.05, 0.1) is 31.6 Å². The number of nitrogens with one attached hydrogen (secondary N) is 2. The molecule has 2 amide bonds. The van der Waals surface area contributed by atoms with Crippen LogP contribution in [-0.4, -0.2) is 60.1 Å². The Morgan fingerprint density at radius 2 is 1.93 bits per heavy atom. The summed E-state index contributed by atoms with van der Waals surface area (Å²) in [5, 5.41) is 3.72. The van der Waals surface area contributed by atoms with Crippen LogP contribution < -0.4 is 10.2 Å². The molecule has 5 nitrogen and oxygen atoms in total. The molecule has 1 aromatic rings. The Labute approximate surface area is 177 Å². The van der Waals surface area contributed by atoms with E-state index >= 15 is 0 Å². The minimum absolute atomic E-state index is 0.0281. The monoisotopic (exact) mass is 424 g/mol. The summed E-state index contributed by atoms with van der Waals surface area (Å²) >= 11 is 7.68. The van der Waals surface area contributed by atoms with Crippen molar-refractivity contribution in [1.29, 1.82) is 0 Å². The number of amides is 2. The van der Waals surface area contributed by atoms with Gasteiger partial charge >= 0.3 is 0 Å². The van der Waals surface area contributed by atoms with Gasteiger partial charge in [0.2, 0.25) is 5.91 Å². The number of benzene rings is 1. The van der Waals surface area contributed by atoms with Crippen LogP contribution in [0.25, 0.3) is 0 Å². The van der Waals surface area contributed by atoms with Crippen LogP contribution in [0.1, 0.15) is 43.5 Å². The molecule has 0 unspecified atom stereocenters. The summed E-state index contributed by atoms with van der Waals surface area (Å²) < 4.78 is 0. The summed E-state index contributed by atoms with van der Waals surface area (Å²) in [5.41, 5.74) is 0.583. The number of thioether (sulfide) groups is 1. The average molecular weight is 425 g/mol. The van der Waals surface area contributed by atoms with Crippen LogP contribution in [0.3, 0.4) is 0 Å². The van der Waals surface area contributed by atoms with Crippen molar-refractivity contribution in [2.24, 2.45) is 5.92 Å². The van der Waals surface area contributed by atoms with Gasteiger partial charge in [-0.25, -0.2) is 0 Å². The third-order valence-electron chi connectivity index (χ3n) is 5.48. The first-order valence-electron chi connectivity index (χ1n) is 10.3. The highest BCUT2D eigenvalue weighted by Crippen LogP contribution is 2.34. The first kappa shape index (κ1) is 21.5. The second kappa shape index (κ2) is 9.99. The van der Waals surface area contributed by atoms with Crippen molar-refractivity contribution in [2.75, 3.05) is 31.9 Å². The Morgan fingerprint density at radius 1 is 1.25 bits per heavy atom. The zero-order valence-corrected chi connectivity index (χ0v) is 18.3. The first-order valence-corrected chi connectivity index (χ1v) is 11.7. The summed E-state index contributed by atoms with van der Waals surface area (Å²) in [4.78, 5) is 29.5. The molecule has 0 radical (unpaired) electrons. The molecule has 0 saturated carbocycles. The van der Waals surface area contributed by atoms with E-state index in [4.69, 9.17) is 11.6 Å². The van der Waals surface area contributed by atoms with Crippen molar-refractivity contribution in [1.82, 2.24) is 10.2 Å². The van der Waals surface area contributed by atoms with Gasteiger partial charge in [-0.3, -0.25) is 9.59 Å². The lowest BCUT2D eigenvalue weighted by Crippen LogP contribution is -3.10. The molecule has 0 spiro atoms.